The van der Waals surface area contributed by atoms with Gasteiger partial charge in [-0.3, -0.25) is 4.79 Å². The molecule has 11 nitrogen and oxygen atoms in total. The van der Waals surface area contributed by atoms with Crippen molar-refractivity contribution in [3.8, 4) is 23.0 Å². The number of methoxy groups -OCH3 is 4. The molecule has 0 bridgehead atoms. The number of anilines is 2. The quantitative estimate of drug-likeness (QED) is 0.557. The van der Waals surface area contributed by atoms with Crippen molar-refractivity contribution in [1.29, 1.82) is 0 Å². The molecule has 0 fully saturated rings. The molecule has 0 saturated heterocycles. The van der Waals surface area contributed by atoms with Gasteiger partial charge in [0.2, 0.25) is 11.7 Å². The Morgan fingerprint density at radius 2 is 1.67 bits per heavy atom. The minimum absolute atomic E-state index is 0.343. The van der Waals surface area contributed by atoms with Crippen molar-refractivity contribution in [2.75, 3.05) is 39.1 Å². The van der Waals surface area contributed by atoms with Gasteiger partial charge >= 0.3 is 0 Å². The summed E-state index contributed by atoms with van der Waals surface area (Å²) in [5, 5.41) is 17.9. The maximum absolute atomic E-state index is 13.6. The Labute approximate surface area is 190 Å². The van der Waals surface area contributed by atoms with Crippen LogP contribution in [0.1, 0.15) is 18.5 Å². The molecule has 0 saturated carbocycles. The second kappa shape index (κ2) is 9.07. The summed E-state index contributed by atoms with van der Waals surface area (Å²) >= 11 is 0. The van der Waals surface area contributed by atoms with Gasteiger partial charge in [0.25, 0.3) is 5.91 Å². The highest BCUT2D eigenvalue weighted by molar-refractivity contribution is 6.06. The molecule has 0 spiro atoms. The van der Waals surface area contributed by atoms with Crippen LogP contribution in [0.25, 0.3) is 0 Å². The van der Waals surface area contributed by atoms with Gasteiger partial charge in [-0.25, -0.2) is 0 Å². The van der Waals surface area contributed by atoms with Crippen LogP contribution in [0, 0.1) is 0 Å². The summed E-state index contributed by atoms with van der Waals surface area (Å²) in [6.45, 7) is 1.79. The van der Waals surface area contributed by atoms with Crippen molar-refractivity contribution in [2.45, 2.75) is 13.0 Å². The third-order valence-corrected chi connectivity index (χ3v) is 5.32. The average Bonchev–Trinajstić information content (AvgIpc) is 3.30. The van der Waals surface area contributed by atoms with Crippen LogP contribution in [0.5, 0.6) is 23.0 Å². The lowest BCUT2D eigenvalue weighted by Crippen LogP contribution is -2.31. The molecule has 33 heavy (non-hydrogen) atoms. The van der Waals surface area contributed by atoms with Crippen LogP contribution < -0.4 is 29.6 Å². The van der Waals surface area contributed by atoms with Crippen LogP contribution in [0.2, 0.25) is 0 Å². The Balaban J connectivity index is 1.84. The van der Waals surface area contributed by atoms with Gasteiger partial charge in [0, 0.05) is 5.70 Å². The van der Waals surface area contributed by atoms with Crippen LogP contribution >= 0.6 is 0 Å². The van der Waals surface area contributed by atoms with E-state index in [1.807, 2.05) is 12.1 Å². The summed E-state index contributed by atoms with van der Waals surface area (Å²) in [5.74, 6) is 1.93. The van der Waals surface area contributed by atoms with E-state index < -0.39 is 6.04 Å². The minimum atomic E-state index is -0.667. The average molecular weight is 452 g/mol. The third kappa shape index (κ3) is 3.88. The van der Waals surface area contributed by atoms with Gasteiger partial charge in [0.05, 0.1) is 39.7 Å². The fourth-order valence-electron chi connectivity index (χ4n) is 3.81. The number of nitrogens with one attached hydrogen (secondary N) is 2. The molecule has 172 valence electrons. The Morgan fingerprint density at radius 3 is 2.30 bits per heavy atom. The van der Waals surface area contributed by atoms with Crippen LogP contribution in [0.4, 0.5) is 11.6 Å². The Kier molecular flexibility index (Phi) is 6.03. The fourth-order valence-corrected chi connectivity index (χ4v) is 3.81. The van der Waals surface area contributed by atoms with E-state index in [0.29, 0.717) is 51.5 Å². The summed E-state index contributed by atoms with van der Waals surface area (Å²) in [4.78, 5) is 13.6. The van der Waals surface area contributed by atoms with E-state index in [9.17, 15) is 4.79 Å². The zero-order valence-corrected chi connectivity index (χ0v) is 18.9. The number of para-hydroxylation sites is 2. The van der Waals surface area contributed by atoms with E-state index in [0.717, 1.165) is 0 Å². The second-order valence-electron chi connectivity index (χ2n) is 7.13. The van der Waals surface area contributed by atoms with Crippen molar-refractivity contribution in [1.82, 2.24) is 20.2 Å². The summed E-state index contributed by atoms with van der Waals surface area (Å²) in [7, 11) is 6.13. The van der Waals surface area contributed by atoms with E-state index in [4.69, 9.17) is 18.9 Å². The van der Waals surface area contributed by atoms with E-state index in [1.54, 1.807) is 38.3 Å². The number of fused-ring (bicyclic) bond motifs is 1. The first kappa shape index (κ1) is 21.9. The topological polar surface area (TPSA) is 122 Å². The maximum atomic E-state index is 13.6. The first-order chi connectivity index (χ1) is 16.0. The van der Waals surface area contributed by atoms with E-state index in [2.05, 4.69) is 26.2 Å². The van der Waals surface area contributed by atoms with E-state index >= 15 is 0 Å². The Hall–Kier alpha value is -4.28. The molecule has 0 unspecified atom stereocenters. The highest BCUT2D eigenvalue weighted by atomic mass is 16.5. The standard InChI is InChI=1S/C22H24N6O5/c1-12-18(21(29)24-14-8-6-7-9-15(14)30-2)19(28-22(23-12)25-26-27-28)13-10-16(31-3)20(33-5)17(11-13)32-4/h6-11,19H,1-5H3,(H,24,29)(H,23,25,27)/t19-/m1/s1. The highest BCUT2D eigenvalue weighted by Gasteiger charge is 2.35. The monoisotopic (exact) mass is 452 g/mol. The number of nitrogens with zero attached hydrogens (tertiary/aromatic N) is 4. The molecule has 1 aliphatic rings. The lowest BCUT2D eigenvalue weighted by molar-refractivity contribution is -0.113. The second-order valence-corrected chi connectivity index (χ2v) is 7.13. The van der Waals surface area contributed by atoms with Crippen molar-refractivity contribution in [3.63, 3.8) is 0 Å². The predicted molar refractivity (Wildman–Crippen MR) is 120 cm³/mol. The first-order valence-electron chi connectivity index (χ1n) is 10.0. The molecule has 1 amide bonds. The molecule has 3 aromatic rings. The minimum Gasteiger partial charge on any atom is -0.495 e. The zero-order chi connectivity index (χ0) is 23.5. The number of allylic oxidation sites excluding steroid dienone is 1. The number of amides is 1. The lowest BCUT2D eigenvalue weighted by atomic mass is 9.94. The SMILES string of the molecule is COc1ccccc1NC(=O)C1=C(C)Nc2nnnn2[C@@H]1c1cc(OC)c(OC)c(OC)c1. The molecule has 2 aromatic carbocycles. The van der Waals surface area contributed by atoms with E-state index in [1.165, 1.54) is 26.0 Å². The third-order valence-electron chi connectivity index (χ3n) is 5.32. The molecule has 4 rings (SSSR count). The number of carbonyl (C=O) groups is 1. The molecule has 1 aromatic heterocycles. The molecular weight excluding hydrogens is 428 g/mol. The molecular formula is C22H24N6O5. The summed E-state index contributed by atoms with van der Waals surface area (Å²) in [6, 6.07) is 10.0. The normalized spacial score (nSPS) is 14.8. The summed E-state index contributed by atoms with van der Waals surface area (Å²) < 4.78 is 23.4. The molecule has 0 aliphatic carbocycles. The van der Waals surface area contributed by atoms with Gasteiger partial charge in [0.1, 0.15) is 11.8 Å². The summed E-state index contributed by atoms with van der Waals surface area (Å²) in [6.07, 6.45) is 0. The van der Waals surface area contributed by atoms with Crippen molar-refractivity contribution in [3.05, 3.63) is 53.2 Å². The predicted octanol–water partition coefficient (Wildman–Crippen LogP) is 2.64. The fraction of sp³-hybridized carbons (Fsp3) is 0.273. The molecule has 2 heterocycles. The van der Waals surface area contributed by atoms with E-state index in [-0.39, 0.29) is 5.91 Å². The molecule has 1 atom stereocenters. The van der Waals surface area contributed by atoms with Gasteiger partial charge < -0.3 is 29.6 Å². The van der Waals surface area contributed by atoms with Crippen molar-refractivity contribution >= 4 is 17.5 Å². The molecule has 0 radical (unpaired) electrons. The lowest BCUT2D eigenvalue weighted by Gasteiger charge is -2.28. The number of tetrazole rings is 1. The van der Waals surface area contributed by atoms with Gasteiger partial charge in [-0.1, -0.05) is 17.2 Å². The number of hydrogen-bond acceptors (Lipinski definition) is 9. The zero-order valence-electron chi connectivity index (χ0n) is 18.9. The van der Waals surface area contributed by atoms with Gasteiger partial charge in [-0.15, -0.1) is 0 Å². The maximum Gasteiger partial charge on any atom is 0.255 e. The van der Waals surface area contributed by atoms with Crippen molar-refractivity contribution < 1.29 is 23.7 Å². The number of carbonyl (C=O) groups excluding carboxylic acids is 1. The number of hydrogen-bond donors (Lipinski definition) is 2. The highest BCUT2D eigenvalue weighted by Crippen LogP contribution is 2.43. The molecule has 11 heteroatoms. The largest absolute Gasteiger partial charge is 0.495 e. The Bertz CT molecular complexity index is 1200. The van der Waals surface area contributed by atoms with Gasteiger partial charge in [-0.05, 0) is 47.2 Å². The number of benzene rings is 2. The van der Waals surface area contributed by atoms with Crippen molar-refractivity contribution in [2.24, 2.45) is 0 Å². The molecule has 1 aliphatic heterocycles. The molecule has 2 N–H and O–H groups in total. The van der Waals surface area contributed by atoms with Crippen LogP contribution in [0.3, 0.4) is 0 Å². The number of aromatic nitrogens is 4. The smallest absolute Gasteiger partial charge is 0.255 e. The van der Waals surface area contributed by atoms with Crippen LogP contribution in [-0.2, 0) is 4.79 Å². The van der Waals surface area contributed by atoms with Crippen LogP contribution in [-0.4, -0.2) is 54.6 Å². The van der Waals surface area contributed by atoms with Crippen LogP contribution in [0.15, 0.2) is 47.7 Å². The first-order valence-corrected chi connectivity index (χ1v) is 10.0. The number of rotatable bonds is 7. The summed E-state index contributed by atoms with van der Waals surface area (Å²) in [5.41, 5.74) is 2.22. The van der Waals surface area contributed by atoms with Gasteiger partial charge in [0.15, 0.2) is 11.5 Å². The van der Waals surface area contributed by atoms with Gasteiger partial charge in [-0.2, -0.15) is 4.68 Å². The number of ether oxygens (including phenoxy) is 4. The Morgan fingerprint density at radius 1 is 1.00 bits per heavy atom.